The van der Waals surface area contributed by atoms with Crippen molar-refractivity contribution in [2.24, 2.45) is 0 Å². The molecule has 0 unspecified atom stereocenters. The van der Waals surface area contributed by atoms with Crippen LogP contribution in [0, 0.1) is 11.6 Å². The number of benzene rings is 2. The van der Waals surface area contributed by atoms with Crippen LogP contribution in [0.2, 0.25) is 0 Å². The Balaban J connectivity index is 1.49. The SMILES string of the molecule is Nc1nn(C(=O)CCCC(=O)n2nc(N)c3c(F)cccc32)c2cccc(F)c12. The van der Waals surface area contributed by atoms with E-state index < -0.39 is 23.4 Å². The van der Waals surface area contributed by atoms with Gasteiger partial charge in [0.1, 0.15) is 11.6 Å². The number of fused-ring (bicyclic) bond motifs is 2. The first kappa shape index (κ1) is 18.5. The molecule has 4 rings (SSSR count). The molecular weight excluding hydrogens is 382 g/mol. The molecule has 4 aromatic rings. The molecule has 0 aliphatic carbocycles. The molecule has 10 heteroatoms. The molecule has 148 valence electrons. The highest BCUT2D eigenvalue weighted by atomic mass is 19.1. The fourth-order valence-corrected chi connectivity index (χ4v) is 3.29. The molecule has 0 spiro atoms. The number of nitrogens with zero attached hydrogens (tertiary/aromatic N) is 4. The molecule has 4 N–H and O–H groups in total. The maximum atomic E-state index is 13.9. The molecule has 0 aliphatic rings. The highest BCUT2D eigenvalue weighted by molar-refractivity contribution is 5.98. The third-order valence-electron chi connectivity index (χ3n) is 4.62. The van der Waals surface area contributed by atoms with Crippen molar-refractivity contribution in [1.29, 1.82) is 0 Å². The summed E-state index contributed by atoms with van der Waals surface area (Å²) in [4.78, 5) is 25.0. The normalized spacial score (nSPS) is 11.4. The summed E-state index contributed by atoms with van der Waals surface area (Å²) in [5, 5.41) is 7.97. The molecule has 0 saturated carbocycles. The van der Waals surface area contributed by atoms with E-state index in [4.69, 9.17) is 11.5 Å². The van der Waals surface area contributed by atoms with E-state index in [1.165, 1.54) is 36.4 Å². The third-order valence-corrected chi connectivity index (χ3v) is 4.62. The zero-order chi connectivity index (χ0) is 20.7. The van der Waals surface area contributed by atoms with Gasteiger partial charge < -0.3 is 11.5 Å². The third kappa shape index (κ3) is 3.08. The number of carbonyl (C=O) groups is 2. The van der Waals surface area contributed by atoms with Crippen molar-refractivity contribution < 1.29 is 18.4 Å². The second-order valence-corrected chi connectivity index (χ2v) is 6.50. The summed E-state index contributed by atoms with van der Waals surface area (Å²) in [6.45, 7) is 0. The van der Waals surface area contributed by atoms with Crippen LogP contribution in [0.4, 0.5) is 20.4 Å². The van der Waals surface area contributed by atoms with E-state index in [0.29, 0.717) is 0 Å². The fourth-order valence-electron chi connectivity index (χ4n) is 3.29. The zero-order valence-electron chi connectivity index (χ0n) is 15.1. The van der Waals surface area contributed by atoms with Gasteiger partial charge in [-0.05, 0) is 30.7 Å². The van der Waals surface area contributed by atoms with Gasteiger partial charge in [0.25, 0.3) is 0 Å². The van der Waals surface area contributed by atoms with Crippen LogP contribution in [-0.2, 0) is 0 Å². The molecule has 2 aromatic carbocycles. The van der Waals surface area contributed by atoms with E-state index in [1.54, 1.807) is 0 Å². The molecule has 0 aliphatic heterocycles. The van der Waals surface area contributed by atoms with Crippen LogP contribution in [0.3, 0.4) is 0 Å². The minimum atomic E-state index is -0.565. The first-order valence-corrected chi connectivity index (χ1v) is 8.80. The molecule has 29 heavy (non-hydrogen) atoms. The van der Waals surface area contributed by atoms with Crippen LogP contribution in [0.15, 0.2) is 36.4 Å². The van der Waals surface area contributed by atoms with Crippen LogP contribution in [-0.4, -0.2) is 31.4 Å². The topological polar surface area (TPSA) is 122 Å². The summed E-state index contributed by atoms with van der Waals surface area (Å²) in [5.41, 5.74) is 11.9. The van der Waals surface area contributed by atoms with Crippen LogP contribution in [0.1, 0.15) is 28.9 Å². The fraction of sp³-hybridized carbons (Fsp3) is 0.158. The van der Waals surface area contributed by atoms with Gasteiger partial charge in [0.05, 0.1) is 21.8 Å². The highest BCUT2D eigenvalue weighted by Gasteiger charge is 2.19. The van der Waals surface area contributed by atoms with Crippen LogP contribution in [0.5, 0.6) is 0 Å². The molecule has 0 fully saturated rings. The van der Waals surface area contributed by atoms with Gasteiger partial charge in [0, 0.05) is 12.8 Å². The monoisotopic (exact) mass is 398 g/mol. The molecule has 0 radical (unpaired) electrons. The molecule has 0 bridgehead atoms. The minimum Gasteiger partial charge on any atom is -0.382 e. The molecular formula is C19H16F2N6O2. The Morgan fingerprint density at radius 2 is 1.21 bits per heavy atom. The lowest BCUT2D eigenvalue weighted by Gasteiger charge is -2.04. The predicted octanol–water partition coefficient (Wildman–Crippen LogP) is 2.98. The van der Waals surface area contributed by atoms with Crippen LogP contribution < -0.4 is 11.5 Å². The number of aromatic nitrogens is 4. The predicted molar refractivity (Wildman–Crippen MR) is 103 cm³/mol. The summed E-state index contributed by atoms with van der Waals surface area (Å²) in [5.74, 6) is -2.15. The summed E-state index contributed by atoms with van der Waals surface area (Å²) >= 11 is 0. The number of rotatable bonds is 4. The lowest BCUT2D eigenvalue weighted by molar-refractivity contribution is 0.0864. The Morgan fingerprint density at radius 3 is 1.62 bits per heavy atom. The van der Waals surface area contributed by atoms with E-state index in [9.17, 15) is 18.4 Å². The van der Waals surface area contributed by atoms with Gasteiger partial charge >= 0.3 is 0 Å². The number of nitrogen functional groups attached to an aromatic ring is 2. The highest BCUT2D eigenvalue weighted by Crippen LogP contribution is 2.25. The average Bonchev–Trinajstić information content (AvgIpc) is 3.21. The molecule has 0 atom stereocenters. The lowest BCUT2D eigenvalue weighted by atomic mass is 10.2. The maximum absolute atomic E-state index is 13.9. The van der Waals surface area contributed by atoms with Gasteiger partial charge in [-0.2, -0.15) is 9.36 Å². The molecule has 0 saturated heterocycles. The van der Waals surface area contributed by atoms with Crippen molar-refractivity contribution in [3.8, 4) is 0 Å². The molecule has 2 aromatic heterocycles. The number of halogens is 2. The average molecular weight is 398 g/mol. The number of carbonyl (C=O) groups excluding carboxylic acids is 2. The largest absolute Gasteiger partial charge is 0.382 e. The second kappa shape index (κ2) is 6.97. The molecule has 8 nitrogen and oxygen atoms in total. The van der Waals surface area contributed by atoms with Gasteiger partial charge in [-0.1, -0.05) is 12.1 Å². The van der Waals surface area contributed by atoms with Crippen molar-refractivity contribution >= 4 is 45.3 Å². The summed E-state index contributed by atoms with van der Waals surface area (Å²) in [6, 6.07) is 8.46. The van der Waals surface area contributed by atoms with E-state index in [-0.39, 0.29) is 52.7 Å². The number of hydrogen-bond acceptors (Lipinski definition) is 6. The van der Waals surface area contributed by atoms with Crippen molar-refractivity contribution in [2.45, 2.75) is 19.3 Å². The van der Waals surface area contributed by atoms with Crippen molar-refractivity contribution in [3.63, 3.8) is 0 Å². The van der Waals surface area contributed by atoms with Crippen LogP contribution >= 0.6 is 0 Å². The quantitative estimate of drug-likeness (QED) is 0.545. The van der Waals surface area contributed by atoms with E-state index in [2.05, 4.69) is 10.2 Å². The Bertz CT molecular complexity index is 1180. The maximum Gasteiger partial charge on any atom is 0.247 e. The van der Waals surface area contributed by atoms with E-state index >= 15 is 0 Å². The molecule has 0 amide bonds. The zero-order valence-corrected chi connectivity index (χ0v) is 15.1. The molecule has 2 heterocycles. The van der Waals surface area contributed by atoms with E-state index in [1.807, 2.05) is 0 Å². The summed E-state index contributed by atoms with van der Waals surface area (Å²) in [7, 11) is 0. The van der Waals surface area contributed by atoms with Crippen molar-refractivity contribution in [2.75, 3.05) is 11.5 Å². The number of hydrogen-bond donors (Lipinski definition) is 2. The van der Waals surface area contributed by atoms with Gasteiger partial charge in [-0.3, -0.25) is 9.59 Å². The van der Waals surface area contributed by atoms with Crippen molar-refractivity contribution in [3.05, 3.63) is 48.0 Å². The van der Waals surface area contributed by atoms with Crippen LogP contribution in [0.25, 0.3) is 21.8 Å². The first-order valence-electron chi connectivity index (χ1n) is 8.80. The minimum absolute atomic E-state index is 0.0263. The van der Waals surface area contributed by atoms with Gasteiger partial charge in [0.15, 0.2) is 11.6 Å². The summed E-state index contributed by atoms with van der Waals surface area (Å²) in [6.07, 6.45) is 0.133. The van der Waals surface area contributed by atoms with Gasteiger partial charge in [-0.15, -0.1) is 10.2 Å². The van der Waals surface area contributed by atoms with E-state index in [0.717, 1.165) is 9.36 Å². The smallest absolute Gasteiger partial charge is 0.247 e. The number of anilines is 2. The summed E-state index contributed by atoms with van der Waals surface area (Å²) < 4.78 is 29.9. The Hall–Kier alpha value is -3.82. The number of nitrogens with two attached hydrogens (primary N) is 2. The second-order valence-electron chi connectivity index (χ2n) is 6.50. The Kier molecular flexibility index (Phi) is 4.45. The van der Waals surface area contributed by atoms with Gasteiger partial charge in [-0.25, -0.2) is 8.78 Å². The first-order chi connectivity index (χ1) is 13.9. The Labute approximate surface area is 162 Å². The van der Waals surface area contributed by atoms with Gasteiger partial charge in [0.2, 0.25) is 11.8 Å². The standard InChI is InChI=1S/C19H16F2N6O2/c20-10-4-1-6-12-16(10)18(22)24-26(12)14(28)8-3-9-15(29)27-13-7-2-5-11(21)17(13)19(23)25-27/h1-2,4-7H,3,8-9H2,(H2,22,24)(H2,23,25). The lowest BCUT2D eigenvalue weighted by Crippen LogP contribution is -2.15. The van der Waals surface area contributed by atoms with Crippen molar-refractivity contribution in [1.82, 2.24) is 19.6 Å². The Morgan fingerprint density at radius 1 is 0.793 bits per heavy atom.